The van der Waals surface area contributed by atoms with Crippen LogP contribution in [-0.4, -0.2) is 54.4 Å². The van der Waals surface area contributed by atoms with Crippen LogP contribution >= 0.6 is 11.6 Å². The minimum Gasteiger partial charge on any atom is -0.395 e. The minimum atomic E-state index is 0.0223. The van der Waals surface area contributed by atoms with Gasteiger partial charge in [0.25, 0.3) is 0 Å². The molecule has 0 saturated carbocycles. The standard InChI is InChI=1S/C24H27ClN2O3/c25-19-7-3-1-5-17(19)13-26-21-14-27(24(29)16-9-11-30-12-10-16)20-8-4-2-6-18(20)23(21)22(26)15-28/h1-8,16,21-23,28H,9-15H2/t21-,22+,23+/m0/s1. The fourth-order valence-electron chi connectivity index (χ4n) is 5.40. The molecule has 0 aliphatic carbocycles. The van der Waals surface area contributed by atoms with E-state index in [9.17, 15) is 9.90 Å². The number of anilines is 1. The predicted octanol–water partition coefficient (Wildman–Crippen LogP) is 3.44. The molecule has 0 spiro atoms. The second kappa shape index (κ2) is 8.31. The topological polar surface area (TPSA) is 53.0 Å². The molecule has 5 rings (SSSR count). The number of carbonyl (C=O) groups is 1. The van der Waals surface area contributed by atoms with E-state index < -0.39 is 0 Å². The van der Waals surface area contributed by atoms with Gasteiger partial charge in [0.1, 0.15) is 0 Å². The zero-order chi connectivity index (χ0) is 20.7. The highest BCUT2D eigenvalue weighted by Crippen LogP contribution is 2.49. The number of aliphatic hydroxyl groups is 1. The molecule has 0 aromatic heterocycles. The highest BCUT2D eigenvalue weighted by Gasteiger charge is 2.53. The molecular formula is C24H27ClN2O3. The number of benzene rings is 2. The van der Waals surface area contributed by atoms with E-state index >= 15 is 0 Å². The zero-order valence-electron chi connectivity index (χ0n) is 16.9. The Kier molecular flexibility index (Phi) is 5.54. The van der Waals surface area contributed by atoms with E-state index in [1.54, 1.807) is 0 Å². The molecule has 5 nitrogen and oxygen atoms in total. The van der Waals surface area contributed by atoms with Crippen LogP contribution in [-0.2, 0) is 16.1 Å². The van der Waals surface area contributed by atoms with Crippen molar-refractivity contribution in [3.05, 3.63) is 64.7 Å². The molecule has 3 aliphatic rings. The minimum absolute atomic E-state index is 0.0223. The Bertz CT molecular complexity index is 930. The lowest BCUT2D eigenvalue weighted by Gasteiger charge is -2.59. The van der Waals surface area contributed by atoms with Gasteiger partial charge in [-0.1, -0.05) is 48.0 Å². The molecule has 3 atom stereocenters. The summed E-state index contributed by atoms with van der Waals surface area (Å²) in [4.78, 5) is 17.7. The third-order valence-electron chi connectivity index (χ3n) is 6.97. The first-order chi connectivity index (χ1) is 14.7. The molecule has 3 aliphatic heterocycles. The quantitative estimate of drug-likeness (QED) is 0.813. The normalized spacial score (nSPS) is 26.6. The lowest BCUT2D eigenvalue weighted by Crippen LogP contribution is -2.69. The van der Waals surface area contributed by atoms with Gasteiger partial charge in [0, 0.05) is 60.9 Å². The van der Waals surface area contributed by atoms with Crippen molar-refractivity contribution in [1.82, 2.24) is 4.90 Å². The van der Waals surface area contributed by atoms with Crippen molar-refractivity contribution >= 4 is 23.2 Å². The van der Waals surface area contributed by atoms with Crippen molar-refractivity contribution in [3.8, 4) is 0 Å². The molecular weight excluding hydrogens is 400 g/mol. The average molecular weight is 427 g/mol. The average Bonchev–Trinajstić information content (AvgIpc) is 2.78. The van der Waals surface area contributed by atoms with Crippen LogP contribution in [0.4, 0.5) is 5.69 Å². The summed E-state index contributed by atoms with van der Waals surface area (Å²) in [7, 11) is 0. The van der Waals surface area contributed by atoms with E-state index in [1.165, 1.54) is 5.56 Å². The summed E-state index contributed by atoms with van der Waals surface area (Å²) in [6.07, 6.45) is 1.57. The van der Waals surface area contributed by atoms with Gasteiger partial charge >= 0.3 is 0 Å². The van der Waals surface area contributed by atoms with E-state index in [0.717, 1.165) is 29.1 Å². The van der Waals surface area contributed by atoms with Crippen molar-refractivity contribution in [2.24, 2.45) is 5.92 Å². The molecule has 158 valence electrons. The number of amides is 1. The summed E-state index contributed by atoms with van der Waals surface area (Å²) in [5, 5.41) is 10.9. The third kappa shape index (κ3) is 3.34. The summed E-state index contributed by atoms with van der Waals surface area (Å²) in [5.41, 5.74) is 3.23. The number of para-hydroxylation sites is 1. The first-order valence-electron chi connectivity index (χ1n) is 10.8. The fourth-order valence-corrected chi connectivity index (χ4v) is 5.59. The van der Waals surface area contributed by atoms with Crippen molar-refractivity contribution in [1.29, 1.82) is 0 Å². The van der Waals surface area contributed by atoms with Gasteiger partial charge in [0.05, 0.1) is 6.61 Å². The first kappa shape index (κ1) is 20.0. The number of nitrogens with zero attached hydrogens (tertiary/aromatic N) is 2. The molecule has 1 amide bonds. The van der Waals surface area contributed by atoms with Crippen LogP contribution in [0, 0.1) is 5.92 Å². The van der Waals surface area contributed by atoms with Crippen molar-refractivity contribution in [2.75, 3.05) is 31.3 Å². The number of hydrogen-bond donors (Lipinski definition) is 1. The number of aliphatic hydroxyl groups excluding tert-OH is 1. The molecule has 0 bridgehead atoms. The van der Waals surface area contributed by atoms with Crippen molar-refractivity contribution < 1.29 is 14.6 Å². The molecule has 30 heavy (non-hydrogen) atoms. The van der Waals surface area contributed by atoms with Crippen molar-refractivity contribution in [2.45, 2.75) is 37.4 Å². The molecule has 2 saturated heterocycles. The number of rotatable bonds is 4. The van der Waals surface area contributed by atoms with Crippen molar-refractivity contribution in [3.63, 3.8) is 0 Å². The van der Waals surface area contributed by atoms with Gasteiger partial charge in [0.2, 0.25) is 5.91 Å². The second-order valence-corrected chi connectivity index (χ2v) is 8.91. The van der Waals surface area contributed by atoms with Crippen LogP contribution in [0.1, 0.15) is 29.9 Å². The van der Waals surface area contributed by atoms with Gasteiger partial charge in [-0.15, -0.1) is 0 Å². The van der Waals surface area contributed by atoms with E-state index in [1.807, 2.05) is 47.4 Å². The number of carbonyl (C=O) groups excluding carboxylic acids is 1. The zero-order valence-corrected chi connectivity index (χ0v) is 17.7. The Morgan fingerprint density at radius 3 is 2.60 bits per heavy atom. The van der Waals surface area contributed by atoms with Gasteiger partial charge in [-0.25, -0.2) is 0 Å². The largest absolute Gasteiger partial charge is 0.395 e. The van der Waals surface area contributed by atoms with E-state index in [2.05, 4.69) is 11.0 Å². The maximum Gasteiger partial charge on any atom is 0.230 e. The molecule has 0 unspecified atom stereocenters. The Labute approximate surface area is 182 Å². The lowest BCUT2D eigenvalue weighted by atomic mass is 9.71. The monoisotopic (exact) mass is 426 g/mol. The van der Waals surface area contributed by atoms with Gasteiger partial charge in [-0.05, 0) is 36.1 Å². The summed E-state index contributed by atoms with van der Waals surface area (Å²) in [6, 6.07) is 16.3. The van der Waals surface area contributed by atoms with Crippen LogP contribution in [0.15, 0.2) is 48.5 Å². The molecule has 3 heterocycles. The maximum atomic E-state index is 13.4. The predicted molar refractivity (Wildman–Crippen MR) is 117 cm³/mol. The highest BCUT2D eigenvalue weighted by molar-refractivity contribution is 6.31. The van der Waals surface area contributed by atoms with E-state index in [4.69, 9.17) is 16.3 Å². The van der Waals surface area contributed by atoms with Gasteiger partial charge in [-0.2, -0.15) is 0 Å². The first-order valence-corrected chi connectivity index (χ1v) is 11.1. The smallest absolute Gasteiger partial charge is 0.230 e. The van der Waals surface area contributed by atoms with E-state index in [-0.39, 0.29) is 36.4 Å². The van der Waals surface area contributed by atoms with Gasteiger partial charge in [-0.3, -0.25) is 9.69 Å². The lowest BCUT2D eigenvalue weighted by molar-refractivity contribution is -0.126. The molecule has 6 heteroatoms. The van der Waals surface area contributed by atoms with Crippen LogP contribution in [0.3, 0.4) is 0 Å². The van der Waals surface area contributed by atoms with Gasteiger partial charge < -0.3 is 14.7 Å². The summed E-state index contributed by atoms with van der Waals surface area (Å²) in [5.74, 6) is 0.454. The Balaban J connectivity index is 1.45. The number of fused-ring (bicyclic) bond motifs is 3. The number of likely N-dealkylation sites (tertiary alicyclic amines) is 1. The van der Waals surface area contributed by atoms with Gasteiger partial charge in [0.15, 0.2) is 0 Å². The Morgan fingerprint density at radius 1 is 1.10 bits per heavy atom. The van der Waals surface area contributed by atoms with Crippen LogP contribution in [0.25, 0.3) is 0 Å². The Morgan fingerprint density at radius 2 is 1.83 bits per heavy atom. The number of halogens is 1. The SMILES string of the molecule is O=C(C1CCOCC1)N1C[C@H]2[C@@H](c3ccccc31)[C@@H](CO)N2Cc1ccccc1Cl. The number of ether oxygens (including phenoxy) is 1. The summed E-state index contributed by atoms with van der Waals surface area (Å²) >= 11 is 6.41. The number of hydrogen-bond acceptors (Lipinski definition) is 4. The molecule has 2 fully saturated rings. The highest BCUT2D eigenvalue weighted by atomic mass is 35.5. The molecule has 2 aromatic rings. The molecule has 0 radical (unpaired) electrons. The second-order valence-electron chi connectivity index (χ2n) is 8.50. The van der Waals surface area contributed by atoms with Crippen LogP contribution < -0.4 is 4.90 Å². The fraction of sp³-hybridized carbons (Fsp3) is 0.458. The van der Waals surface area contributed by atoms with Crippen LogP contribution in [0.2, 0.25) is 5.02 Å². The summed E-state index contributed by atoms with van der Waals surface area (Å²) in [6.45, 7) is 2.73. The Hall–Kier alpha value is -1.92. The third-order valence-corrected chi connectivity index (χ3v) is 7.34. The molecule has 1 N–H and O–H groups in total. The maximum absolute atomic E-state index is 13.4. The summed E-state index contributed by atoms with van der Waals surface area (Å²) < 4.78 is 5.46. The van der Waals surface area contributed by atoms with E-state index in [0.29, 0.717) is 26.3 Å². The van der Waals surface area contributed by atoms with Crippen LogP contribution in [0.5, 0.6) is 0 Å². The molecule has 2 aromatic carbocycles.